The minimum Gasteiger partial charge on any atom is -0.481 e. The summed E-state index contributed by atoms with van der Waals surface area (Å²) in [5.74, 6) is -0.906. The molecule has 0 aliphatic carbocycles. The molecule has 1 atom stereocenters. The van der Waals surface area contributed by atoms with Gasteiger partial charge in [-0.05, 0) is 19.3 Å². The van der Waals surface area contributed by atoms with Gasteiger partial charge in [-0.2, -0.15) is 0 Å². The third-order valence-electron chi connectivity index (χ3n) is 2.64. The standard InChI is InChI=1S/C13H26N2O4/c1-3-5-8-19-9-6-7-14-13(18)15-11(4-2)10-12(16)17/h11H,3-10H2,1-2H3,(H,16,17)(H2,14,15,18). The Morgan fingerprint density at radius 3 is 2.47 bits per heavy atom. The van der Waals surface area contributed by atoms with Gasteiger partial charge in [-0.15, -0.1) is 0 Å². The third-order valence-corrected chi connectivity index (χ3v) is 2.64. The molecule has 0 saturated carbocycles. The second-order valence-corrected chi connectivity index (χ2v) is 4.42. The molecule has 6 nitrogen and oxygen atoms in total. The number of aliphatic carboxylic acids is 1. The Morgan fingerprint density at radius 1 is 1.21 bits per heavy atom. The van der Waals surface area contributed by atoms with Crippen LogP contribution in [0, 0.1) is 0 Å². The number of urea groups is 1. The van der Waals surface area contributed by atoms with Crippen molar-refractivity contribution in [3.63, 3.8) is 0 Å². The maximum Gasteiger partial charge on any atom is 0.315 e. The normalized spacial score (nSPS) is 11.9. The fourth-order valence-corrected chi connectivity index (χ4v) is 1.47. The number of hydrogen-bond donors (Lipinski definition) is 3. The van der Waals surface area contributed by atoms with E-state index in [0.717, 1.165) is 25.9 Å². The lowest BCUT2D eigenvalue weighted by Crippen LogP contribution is -2.43. The monoisotopic (exact) mass is 274 g/mol. The SMILES string of the molecule is CCCCOCCCNC(=O)NC(CC)CC(=O)O. The van der Waals surface area contributed by atoms with Crippen molar-refractivity contribution in [2.75, 3.05) is 19.8 Å². The molecule has 19 heavy (non-hydrogen) atoms. The van der Waals surface area contributed by atoms with Gasteiger partial charge in [0.1, 0.15) is 0 Å². The number of amides is 2. The van der Waals surface area contributed by atoms with Crippen LogP contribution in [-0.2, 0) is 9.53 Å². The van der Waals surface area contributed by atoms with Gasteiger partial charge in [-0.3, -0.25) is 4.79 Å². The van der Waals surface area contributed by atoms with Crippen LogP contribution in [0.4, 0.5) is 4.79 Å². The average molecular weight is 274 g/mol. The maximum atomic E-state index is 11.5. The van der Waals surface area contributed by atoms with Gasteiger partial charge in [-0.25, -0.2) is 4.79 Å². The predicted molar refractivity (Wildman–Crippen MR) is 73.2 cm³/mol. The Balaban J connectivity index is 3.54. The minimum atomic E-state index is -0.906. The van der Waals surface area contributed by atoms with Crippen LogP contribution in [0.5, 0.6) is 0 Å². The van der Waals surface area contributed by atoms with Gasteiger partial charge in [0.15, 0.2) is 0 Å². The van der Waals surface area contributed by atoms with E-state index in [1.807, 2.05) is 6.92 Å². The molecule has 0 aromatic heterocycles. The highest BCUT2D eigenvalue weighted by atomic mass is 16.5. The number of carbonyl (C=O) groups is 2. The molecule has 0 heterocycles. The molecule has 0 saturated heterocycles. The number of carboxylic acid groups (broad SMARTS) is 1. The largest absolute Gasteiger partial charge is 0.481 e. The molecule has 0 radical (unpaired) electrons. The Bertz CT molecular complexity index is 259. The van der Waals surface area contributed by atoms with Crippen molar-refractivity contribution < 1.29 is 19.4 Å². The molecule has 0 spiro atoms. The van der Waals surface area contributed by atoms with E-state index in [1.165, 1.54) is 0 Å². The Kier molecular flexibility index (Phi) is 11.0. The second-order valence-electron chi connectivity index (χ2n) is 4.42. The summed E-state index contributed by atoms with van der Waals surface area (Å²) in [5.41, 5.74) is 0. The summed E-state index contributed by atoms with van der Waals surface area (Å²) >= 11 is 0. The van der Waals surface area contributed by atoms with Crippen LogP contribution in [0.1, 0.15) is 46.0 Å². The van der Waals surface area contributed by atoms with E-state index >= 15 is 0 Å². The zero-order valence-corrected chi connectivity index (χ0v) is 11.9. The number of carboxylic acids is 1. The van der Waals surface area contributed by atoms with Crippen molar-refractivity contribution in [2.45, 2.75) is 52.0 Å². The molecule has 0 aliphatic heterocycles. The van der Waals surface area contributed by atoms with Crippen LogP contribution in [-0.4, -0.2) is 42.9 Å². The molecule has 2 amide bonds. The number of hydrogen-bond acceptors (Lipinski definition) is 3. The van der Waals surface area contributed by atoms with Crippen molar-refractivity contribution in [3.05, 3.63) is 0 Å². The first-order chi connectivity index (χ1) is 9.10. The lowest BCUT2D eigenvalue weighted by atomic mass is 10.1. The van der Waals surface area contributed by atoms with Gasteiger partial charge in [0.2, 0.25) is 0 Å². The van der Waals surface area contributed by atoms with Crippen LogP contribution in [0.3, 0.4) is 0 Å². The summed E-state index contributed by atoms with van der Waals surface area (Å²) in [4.78, 5) is 22.0. The van der Waals surface area contributed by atoms with Crippen LogP contribution in [0.25, 0.3) is 0 Å². The molecule has 0 bridgehead atoms. The van der Waals surface area contributed by atoms with E-state index in [4.69, 9.17) is 9.84 Å². The summed E-state index contributed by atoms with van der Waals surface area (Å²) in [7, 11) is 0. The number of carbonyl (C=O) groups excluding carboxylic acids is 1. The number of unbranched alkanes of at least 4 members (excludes halogenated alkanes) is 1. The van der Waals surface area contributed by atoms with Crippen molar-refractivity contribution in [2.24, 2.45) is 0 Å². The summed E-state index contributed by atoms with van der Waals surface area (Å²) < 4.78 is 5.36. The molecule has 0 aromatic rings. The van der Waals surface area contributed by atoms with Crippen LogP contribution >= 0.6 is 0 Å². The highest BCUT2D eigenvalue weighted by Crippen LogP contribution is 1.97. The topological polar surface area (TPSA) is 87.7 Å². The second kappa shape index (κ2) is 11.8. The number of nitrogens with one attached hydrogen (secondary N) is 2. The highest BCUT2D eigenvalue weighted by Gasteiger charge is 2.13. The molecule has 0 fully saturated rings. The number of ether oxygens (including phenoxy) is 1. The van der Waals surface area contributed by atoms with Crippen molar-refractivity contribution in [1.29, 1.82) is 0 Å². The smallest absolute Gasteiger partial charge is 0.315 e. The Hall–Kier alpha value is -1.30. The van der Waals surface area contributed by atoms with Gasteiger partial charge in [0, 0.05) is 25.8 Å². The summed E-state index contributed by atoms with van der Waals surface area (Å²) in [5, 5.41) is 14.0. The van der Waals surface area contributed by atoms with E-state index < -0.39 is 5.97 Å². The number of rotatable bonds is 11. The molecule has 0 rings (SSSR count). The van der Waals surface area contributed by atoms with E-state index in [0.29, 0.717) is 19.6 Å². The Labute approximate surface area is 114 Å². The van der Waals surface area contributed by atoms with E-state index in [1.54, 1.807) is 0 Å². The average Bonchev–Trinajstić information content (AvgIpc) is 2.36. The van der Waals surface area contributed by atoms with Crippen LogP contribution in [0.15, 0.2) is 0 Å². The van der Waals surface area contributed by atoms with Crippen LogP contribution < -0.4 is 10.6 Å². The van der Waals surface area contributed by atoms with E-state index in [-0.39, 0.29) is 18.5 Å². The molecular weight excluding hydrogens is 248 g/mol. The third kappa shape index (κ3) is 11.5. The molecule has 1 unspecified atom stereocenters. The first kappa shape index (κ1) is 17.7. The molecule has 0 aromatic carbocycles. The molecule has 6 heteroatoms. The van der Waals surface area contributed by atoms with E-state index in [2.05, 4.69) is 17.6 Å². The van der Waals surface area contributed by atoms with Crippen LogP contribution in [0.2, 0.25) is 0 Å². The molecule has 0 aliphatic rings. The summed E-state index contributed by atoms with van der Waals surface area (Å²) in [6.45, 7) is 5.87. The van der Waals surface area contributed by atoms with Crippen molar-refractivity contribution in [3.8, 4) is 0 Å². The lowest BCUT2D eigenvalue weighted by Gasteiger charge is -2.15. The van der Waals surface area contributed by atoms with Gasteiger partial charge in [0.25, 0.3) is 0 Å². The maximum absolute atomic E-state index is 11.5. The fraction of sp³-hybridized carbons (Fsp3) is 0.846. The highest BCUT2D eigenvalue weighted by molar-refractivity contribution is 5.75. The van der Waals surface area contributed by atoms with Gasteiger partial charge < -0.3 is 20.5 Å². The molecular formula is C13H26N2O4. The van der Waals surface area contributed by atoms with Crippen molar-refractivity contribution in [1.82, 2.24) is 10.6 Å². The zero-order chi connectivity index (χ0) is 14.5. The summed E-state index contributed by atoms with van der Waals surface area (Å²) in [6, 6.07) is -0.639. The fourth-order valence-electron chi connectivity index (χ4n) is 1.47. The molecule has 3 N–H and O–H groups in total. The first-order valence-electron chi connectivity index (χ1n) is 6.94. The van der Waals surface area contributed by atoms with E-state index in [9.17, 15) is 9.59 Å². The van der Waals surface area contributed by atoms with Gasteiger partial charge in [-0.1, -0.05) is 20.3 Å². The first-order valence-corrected chi connectivity index (χ1v) is 6.94. The van der Waals surface area contributed by atoms with Crippen molar-refractivity contribution >= 4 is 12.0 Å². The van der Waals surface area contributed by atoms with Gasteiger partial charge in [0.05, 0.1) is 6.42 Å². The lowest BCUT2D eigenvalue weighted by molar-refractivity contribution is -0.137. The molecule has 112 valence electrons. The van der Waals surface area contributed by atoms with Gasteiger partial charge >= 0.3 is 12.0 Å². The quantitative estimate of drug-likeness (QED) is 0.501. The Morgan fingerprint density at radius 2 is 1.89 bits per heavy atom. The predicted octanol–water partition coefficient (Wildman–Crippen LogP) is 1.75. The zero-order valence-electron chi connectivity index (χ0n) is 11.9. The minimum absolute atomic E-state index is 0.0515. The summed E-state index contributed by atoms with van der Waals surface area (Å²) in [6.07, 6.45) is 3.47.